The van der Waals surface area contributed by atoms with E-state index in [9.17, 15) is 5.11 Å². The van der Waals surface area contributed by atoms with Crippen LogP contribution in [-0.2, 0) is 0 Å². The van der Waals surface area contributed by atoms with E-state index in [0.29, 0.717) is 6.54 Å². The van der Waals surface area contributed by atoms with Crippen molar-refractivity contribution in [1.29, 1.82) is 0 Å². The Labute approximate surface area is 91.3 Å². The van der Waals surface area contributed by atoms with Crippen LogP contribution in [0.2, 0.25) is 0 Å². The van der Waals surface area contributed by atoms with Crippen molar-refractivity contribution in [3.63, 3.8) is 0 Å². The summed E-state index contributed by atoms with van der Waals surface area (Å²) in [5.41, 5.74) is 6.68. The van der Waals surface area contributed by atoms with Crippen molar-refractivity contribution in [3.8, 4) is 0 Å². The number of hydrogen-bond acceptors (Lipinski definition) is 3. The zero-order chi connectivity index (χ0) is 11.3. The second-order valence-electron chi connectivity index (χ2n) is 4.23. The number of nitrogens with two attached hydrogens (primary N) is 1. The maximum absolute atomic E-state index is 9.95. The number of nitrogen functional groups attached to an aromatic ring is 1. The third-order valence-corrected chi connectivity index (χ3v) is 2.35. The molecule has 1 aromatic rings. The second kappa shape index (κ2) is 5.03. The minimum absolute atomic E-state index is 0.546. The summed E-state index contributed by atoms with van der Waals surface area (Å²) in [5, 5.41) is 13.1. The van der Waals surface area contributed by atoms with Crippen molar-refractivity contribution in [2.45, 2.75) is 32.3 Å². The first-order valence-corrected chi connectivity index (χ1v) is 5.35. The Morgan fingerprint density at radius 3 is 2.80 bits per heavy atom. The van der Waals surface area contributed by atoms with Crippen molar-refractivity contribution in [2.24, 2.45) is 0 Å². The fourth-order valence-electron chi connectivity index (χ4n) is 1.57. The molecule has 0 aliphatic carbocycles. The molecule has 1 atom stereocenters. The molecule has 0 bridgehead atoms. The van der Waals surface area contributed by atoms with Gasteiger partial charge in [0, 0.05) is 17.9 Å². The van der Waals surface area contributed by atoms with Crippen LogP contribution in [0.25, 0.3) is 0 Å². The molecule has 0 aromatic heterocycles. The van der Waals surface area contributed by atoms with Crippen molar-refractivity contribution in [1.82, 2.24) is 0 Å². The lowest BCUT2D eigenvalue weighted by molar-refractivity contribution is 0.0637. The minimum Gasteiger partial charge on any atom is -0.399 e. The molecule has 3 heteroatoms. The highest BCUT2D eigenvalue weighted by Gasteiger charge is 2.18. The fourth-order valence-corrected chi connectivity index (χ4v) is 1.57. The Balaban J connectivity index is 2.49. The van der Waals surface area contributed by atoms with E-state index in [1.54, 1.807) is 0 Å². The summed E-state index contributed by atoms with van der Waals surface area (Å²) in [6.07, 6.45) is 1.77. The smallest absolute Gasteiger partial charge is 0.0791 e. The predicted octanol–water partition coefficient (Wildman–Crippen LogP) is 2.23. The maximum Gasteiger partial charge on any atom is 0.0791 e. The molecule has 3 nitrogen and oxygen atoms in total. The highest BCUT2D eigenvalue weighted by Crippen LogP contribution is 2.16. The number of anilines is 2. The van der Waals surface area contributed by atoms with E-state index < -0.39 is 5.60 Å². The lowest BCUT2D eigenvalue weighted by atomic mass is 10.0. The summed E-state index contributed by atoms with van der Waals surface area (Å²) in [6, 6.07) is 7.54. The van der Waals surface area contributed by atoms with Gasteiger partial charge in [-0.25, -0.2) is 0 Å². The largest absolute Gasteiger partial charge is 0.399 e. The topological polar surface area (TPSA) is 58.3 Å². The third kappa shape index (κ3) is 4.21. The van der Waals surface area contributed by atoms with Crippen molar-refractivity contribution in [3.05, 3.63) is 24.3 Å². The van der Waals surface area contributed by atoms with Gasteiger partial charge in [0.25, 0.3) is 0 Å². The SMILES string of the molecule is CCCC(C)(O)CNc1cccc(N)c1. The van der Waals surface area contributed by atoms with Gasteiger partial charge < -0.3 is 16.2 Å². The van der Waals surface area contributed by atoms with Crippen molar-refractivity contribution < 1.29 is 5.11 Å². The van der Waals surface area contributed by atoms with Gasteiger partial charge in [-0.05, 0) is 31.5 Å². The first kappa shape index (κ1) is 11.9. The molecule has 0 aliphatic heterocycles. The van der Waals surface area contributed by atoms with Gasteiger partial charge in [-0.2, -0.15) is 0 Å². The van der Waals surface area contributed by atoms with Crippen LogP contribution < -0.4 is 11.1 Å². The quantitative estimate of drug-likeness (QED) is 0.650. The second-order valence-corrected chi connectivity index (χ2v) is 4.23. The molecule has 15 heavy (non-hydrogen) atoms. The normalized spacial score (nSPS) is 14.6. The molecule has 1 rings (SSSR count). The van der Waals surface area contributed by atoms with Crippen molar-refractivity contribution >= 4 is 11.4 Å². The highest BCUT2D eigenvalue weighted by molar-refractivity contribution is 5.54. The fraction of sp³-hybridized carbons (Fsp3) is 0.500. The molecular formula is C12H20N2O. The zero-order valence-electron chi connectivity index (χ0n) is 9.46. The van der Waals surface area contributed by atoms with Crippen LogP contribution in [0.5, 0.6) is 0 Å². The third-order valence-electron chi connectivity index (χ3n) is 2.35. The van der Waals surface area contributed by atoms with Crippen molar-refractivity contribution in [2.75, 3.05) is 17.6 Å². The van der Waals surface area contributed by atoms with E-state index in [2.05, 4.69) is 12.2 Å². The first-order valence-electron chi connectivity index (χ1n) is 5.35. The summed E-state index contributed by atoms with van der Waals surface area (Å²) >= 11 is 0. The molecule has 0 heterocycles. The minimum atomic E-state index is -0.653. The van der Waals surface area contributed by atoms with Crippen LogP contribution in [-0.4, -0.2) is 17.3 Å². The molecule has 0 spiro atoms. The molecule has 0 fully saturated rings. The van der Waals surface area contributed by atoms with Gasteiger partial charge in [-0.15, -0.1) is 0 Å². The lowest BCUT2D eigenvalue weighted by Gasteiger charge is -2.23. The number of aliphatic hydroxyl groups is 1. The van der Waals surface area contributed by atoms with E-state index in [1.807, 2.05) is 31.2 Å². The predicted molar refractivity (Wildman–Crippen MR) is 64.9 cm³/mol. The Morgan fingerprint density at radius 2 is 2.20 bits per heavy atom. The van der Waals surface area contributed by atoms with Crippen LogP contribution in [0.1, 0.15) is 26.7 Å². The Morgan fingerprint density at radius 1 is 1.47 bits per heavy atom. The van der Waals surface area contributed by atoms with Gasteiger partial charge in [-0.3, -0.25) is 0 Å². The average Bonchev–Trinajstić information content (AvgIpc) is 2.15. The van der Waals surface area contributed by atoms with Crippen LogP contribution >= 0.6 is 0 Å². The molecule has 0 saturated carbocycles. The van der Waals surface area contributed by atoms with Gasteiger partial charge in [0.2, 0.25) is 0 Å². The summed E-state index contributed by atoms with van der Waals surface area (Å²) in [7, 11) is 0. The highest BCUT2D eigenvalue weighted by atomic mass is 16.3. The Bertz CT molecular complexity index is 310. The average molecular weight is 208 g/mol. The number of hydrogen-bond donors (Lipinski definition) is 3. The van der Waals surface area contributed by atoms with Gasteiger partial charge >= 0.3 is 0 Å². The van der Waals surface area contributed by atoms with Crippen LogP contribution in [0.15, 0.2) is 24.3 Å². The monoisotopic (exact) mass is 208 g/mol. The van der Waals surface area contributed by atoms with E-state index in [0.717, 1.165) is 24.2 Å². The summed E-state index contributed by atoms with van der Waals surface area (Å²) in [5.74, 6) is 0. The van der Waals surface area contributed by atoms with E-state index in [4.69, 9.17) is 5.73 Å². The number of benzene rings is 1. The number of rotatable bonds is 5. The van der Waals surface area contributed by atoms with E-state index in [1.165, 1.54) is 0 Å². The van der Waals surface area contributed by atoms with Crippen LogP contribution in [0.3, 0.4) is 0 Å². The van der Waals surface area contributed by atoms with Gasteiger partial charge in [0.1, 0.15) is 0 Å². The standard InChI is InChI=1S/C12H20N2O/c1-3-7-12(2,15)9-14-11-6-4-5-10(13)8-11/h4-6,8,14-15H,3,7,9,13H2,1-2H3. The molecule has 4 N–H and O–H groups in total. The zero-order valence-corrected chi connectivity index (χ0v) is 9.46. The summed E-state index contributed by atoms with van der Waals surface area (Å²) in [6.45, 7) is 4.45. The number of nitrogens with one attached hydrogen (secondary N) is 1. The van der Waals surface area contributed by atoms with Gasteiger partial charge in [0.15, 0.2) is 0 Å². The van der Waals surface area contributed by atoms with Crippen LogP contribution in [0, 0.1) is 0 Å². The van der Waals surface area contributed by atoms with E-state index in [-0.39, 0.29) is 0 Å². The molecule has 0 aliphatic rings. The molecule has 0 radical (unpaired) electrons. The Hall–Kier alpha value is -1.22. The molecule has 0 saturated heterocycles. The van der Waals surface area contributed by atoms with Crippen LogP contribution in [0.4, 0.5) is 11.4 Å². The summed E-state index contributed by atoms with van der Waals surface area (Å²) in [4.78, 5) is 0. The Kier molecular flexibility index (Phi) is 3.97. The van der Waals surface area contributed by atoms with Gasteiger partial charge in [-0.1, -0.05) is 19.4 Å². The maximum atomic E-state index is 9.95. The summed E-state index contributed by atoms with van der Waals surface area (Å²) < 4.78 is 0. The van der Waals surface area contributed by atoms with Gasteiger partial charge in [0.05, 0.1) is 5.60 Å². The molecular weight excluding hydrogens is 188 g/mol. The van der Waals surface area contributed by atoms with E-state index >= 15 is 0 Å². The molecule has 1 unspecified atom stereocenters. The first-order chi connectivity index (χ1) is 7.03. The lowest BCUT2D eigenvalue weighted by Crippen LogP contribution is -2.33. The molecule has 1 aromatic carbocycles. The molecule has 0 amide bonds. The molecule has 84 valence electrons.